The predicted octanol–water partition coefficient (Wildman–Crippen LogP) is 3.07. The molecule has 0 spiro atoms. The van der Waals surface area contributed by atoms with Gasteiger partial charge in [0.15, 0.2) is 0 Å². The van der Waals surface area contributed by atoms with Gasteiger partial charge in [0.2, 0.25) is 0 Å². The Morgan fingerprint density at radius 1 is 1.43 bits per heavy atom. The minimum atomic E-state index is 0.279. The smallest absolute Gasteiger partial charge is 0.0207 e. The molecule has 0 heterocycles. The highest BCUT2D eigenvalue weighted by Crippen LogP contribution is 2.17. The molecule has 14 heavy (non-hydrogen) atoms. The van der Waals surface area contributed by atoms with Crippen molar-refractivity contribution in [1.29, 1.82) is 0 Å². The molecule has 0 aliphatic carbocycles. The van der Waals surface area contributed by atoms with E-state index in [-0.39, 0.29) is 6.04 Å². The van der Waals surface area contributed by atoms with Crippen molar-refractivity contribution in [3.05, 3.63) is 34.3 Å². The number of rotatable bonds is 5. The number of thioether (sulfide) groups is 1. The van der Waals surface area contributed by atoms with Crippen molar-refractivity contribution >= 4 is 27.7 Å². The molecule has 1 unspecified atom stereocenters. The van der Waals surface area contributed by atoms with Gasteiger partial charge in [0.05, 0.1) is 0 Å². The third-order valence-electron chi connectivity index (χ3n) is 2.13. The quantitative estimate of drug-likeness (QED) is 0.893. The molecule has 78 valence electrons. The SMILES string of the molecule is CSCCC(N)Cc1ccccc1Br. The molecule has 1 nitrogen and oxygen atoms in total. The summed E-state index contributed by atoms with van der Waals surface area (Å²) >= 11 is 5.39. The Bertz CT molecular complexity index is 278. The average molecular weight is 274 g/mol. The van der Waals surface area contributed by atoms with Crippen LogP contribution < -0.4 is 5.73 Å². The van der Waals surface area contributed by atoms with Crippen molar-refractivity contribution in [1.82, 2.24) is 0 Å². The molecular formula is C11H16BrNS. The highest BCUT2D eigenvalue weighted by atomic mass is 79.9. The Kier molecular flexibility index (Phi) is 5.60. The van der Waals surface area contributed by atoms with Crippen LogP contribution in [-0.2, 0) is 6.42 Å². The second-order valence-electron chi connectivity index (χ2n) is 3.34. The summed E-state index contributed by atoms with van der Waals surface area (Å²) in [5, 5.41) is 0. The molecule has 1 aromatic carbocycles. The average Bonchev–Trinajstić information content (AvgIpc) is 2.18. The summed E-state index contributed by atoms with van der Waals surface area (Å²) in [4.78, 5) is 0. The Labute approximate surface area is 98.6 Å². The predicted molar refractivity (Wildman–Crippen MR) is 68.8 cm³/mol. The van der Waals surface area contributed by atoms with Gasteiger partial charge in [-0.1, -0.05) is 34.1 Å². The molecule has 0 fully saturated rings. The Balaban J connectivity index is 2.47. The van der Waals surface area contributed by atoms with Gasteiger partial charge in [-0.3, -0.25) is 0 Å². The standard InChI is InChI=1S/C11H16BrNS/c1-14-7-6-10(13)8-9-4-2-3-5-11(9)12/h2-5,10H,6-8,13H2,1H3. The van der Waals surface area contributed by atoms with Crippen LogP contribution >= 0.6 is 27.7 Å². The highest BCUT2D eigenvalue weighted by Gasteiger charge is 2.05. The Morgan fingerprint density at radius 2 is 2.14 bits per heavy atom. The van der Waals surface area contributed by atoms with E-state index in [9.17, 15) is 0 Å². The van der Waals surface area contributed by atoms with Gasteiger partial charge in [-0.15, -0.1) is 0 Å². The highest BCUT2D eigenvalue weighted by molar-refractivity contribution is 9.10. The molecular weight excluding hydrogens is 258 g/mol. The van der Waals surface area contributed by atoms with Crippen molar-refractivity contribution in [3.8, 4) is 0 Å². The second kappa shape index (κ2) is 6.49. The molecule has 0 aliphatic heterocycles. The first-order chi connectivity index (χ1) is 6.74. The molecule has 0 aromatic heterocycles. The minimum Gasteiger partial charge on any atom is -0.327 e. The van der Waals surface area contributed by atoms with Crippen molar-refractivity contribution in [3.63, 3.8) is 0 Å². The van der Waals surface area contributed by atoms with Crippen molar-refractivity contribution in [2.75, 3.05) is 12.0 Å². The molecule has 0 saturated carbocycles. The van der Waals surface area contributed by atoms with Crippen molar-refractivity contribution in [2.24, 2.45) is 5.73 Å². The first kappa shape index (κ1) is 12.1. The second-order valence-corrected chi connectivity index (χ2v) is 5.18. The fourth-order valence-electron chi connectivity index (χ4n) is 1.32. The van der Waals surface area contributed by atoms with Gasteiger partial charge in [-0.05, 0) is 36.5 Å². The monoisotopic (exact) mass is 273 g/mol. The lowest BCUT2D eigenvalue weighted by Crippen LogP contribution is -2.23. The summed E-state index contributed by atoms with van der Waals surface area (Å²) in [7, 11) is 0. The van der Waals surface area contributed by atoms with Gasteiger partial charge < -0.3 is 5.73 Å². The zero-order valence-corrected chi connectivity index (χ0v) is 10.8. The maximum atomic E-state index is 6.03. The molecule has 1 atom stereocenters. The van der Waals surface area contributed by atoms with Crippen LogP contribution in [0.4, 0.5) is 0 Å². The van der Waals surface area contributed by atoms with Gasteiger partial charge in [0.25, 0.3) is 0 Å². The molecule has 1 aromatic rings. The summed E-state index contributed by atoms with van der Waals surface area (Å²) in [5.41, 5.74) is 7.33. The number of hydrogen-bond donors (Lipinski definition) is 1. The van der Waals surface area contributed by atoms with E-state index in [1.807, 2.05) is 17.8 Å². The van der Waals surface area contributed by atoms with Gasteiger partial charge >= 0.3 is 0 Å². The zero-order valence-electron chi connectivity index (χ0n) is 8.37. The van der Waals surface area contributed by atoms with Crippen molar-refractivity contribution < 1.29 is 0 Å². The van der Waals surface area contributed by atoms with Crippen LogP contribution in [0.1, 0.15) is 12.0 Å². The van der Waals surface area contributed by atoms with Gasteiger partial charge in [-0.25, -0.2) is 0 Å². The van der Waals surface area contributed by atoms with Gasteiger partial charge in [0, 0.05) is 10.5 Å². The Hall–Kier alpha value is 0.01000. The van der Waals surface area contributed by atoms with Crippen molar-refractivity contribution in [2.45, 2.75) is 18.9 Å². The van der Waals surface area contributed by atoms with Crippen LogP contribution in [0.3, 0.4) is 0 Å². The van der Waals surface area contributed by atoms with Crippen LogP contribution in [0.15, 0.2) is 28.7 Å². The van der Waals surface area contributed by atoms with Crippen LogP contribution in [0, 0.1) is 0 Å². The maximum Gasteiger partial charge on any atom is 0.0207 e. The molecule has 0 bridgehead atoms. The molecule has 2 N–H and O–H groups in total. The fraction of sp³-hybridized carbons (Fsp3) is 0.455. The molecule has 3 heteroatoms. The van der Waals surface area contributed by atoms with E-state index in [0.717, 1.165) is 18.6 Å². The summed E-state index contributed by atoms with van der Waals surface area (Å²) < 4.78 is 1.17. The lowest BCUT2D eigenvalue weighted by Gasteiger charge is -2.11. The maximum absolute atomic E-state index is 6.03. The lowest BCUT2D eigenvalue weighted by molar-refractivity contribution is 0.650. The van der Waals surface area contributed by atoms with E-state index in [1.54, 1.807) is 0 Å². The van der Waals surface area contributed by atoms with E-state index < -0.39 is 0 Å². The Morgan fingerprint density at radius 3 is 2.79 bits per heavy atom. The number of hydrogen-bond acceptors (Lipinski definition) is 2. The van der Waals surface area contributed by atoms with E-state index in [0.29, 0.717) is 0 Å². The molecule has 0 amide bonds. The number of nitrogens with two attached hydrogens (primary N) is 1. The van der Waals surface area contributed by atoms with E-state index >= 15 is 0 Å². The zero-order chi connectivity index (χ0) is 10.4. The first-order valence-corrected chi connectivity index (χ1v) is 6.90. The number of benzene rings is 1. The molecule has 0 aliphatic rings. The van der Waals surface area contributed by atoms with Gasteiger partial charge in [0.1, 0.15) is 0 Å². The third-order valence-corrected chi connectivity index (χ3v) is 3.55. The summed E-state index contributed by atoms with van der Waals surface area (Å²) in [5.74, 6) is 1.14. The summed E-state index contributed by atoms with van der Waals surface area (Å²) in [6, 6.07) is 8.56. The van der Waals surface area contributed by atoms with Crippen LogP contribution in [0.2, 0.25) is 0 Å². The van der Waals surface area contributed by atoms with Crippen LogP contribution in [0.25, 0.3) is 0 Å². The van der Waals surface area contributed by atoms with E-state index in [4.69, 9.17) is 5.73 Å². The topological polar surface area (TPSA) is 26.0 Å². The summed E-state index contributed by atoms with van der Waals surface area (Å²) in [6.45, 7) is 0. The van der Waals surface area contributed by atoms with Gasteiger partial charge in [-0.2, -0.15) is 11.8 Å². The number of halogens is 1. The minimum absolute atomic E-state index is 0.279. The third kappa shape index (κ3) is 4.03. The lowest BCUT2D eigenvalue weighted by atomic mass is 10.1. The fourth-order valence-corrected chi connectivity index (χ4v) is 2.30. The largest absolute Gasteiger partial charge is 0.327 e. The molecule has 0 saturated heterocycles. The molecule has 1 rings (SSSR count). The summed E-state index contributed by atoms with van der Waals surface area (Å²) in [6.07, 6.45) is 4.16. The van der Waals surface area contributed by atoms with E-state index in [2.05, 4.69) is 40.4 Å². The van der Waals surface area contributed by atoms with Crippen LogP contribution in [0.5, 0.6) is 0 Å². The molecule has 0 radical (unpaired) electrons. The first-order valence-electron chi connectivity index (χ1n) is 4.72. The normalized spacial score (nSPS) is 12.8. The van der Waals surface area contributed by atoms with E-state index in [1.165, 1.54) is 10.0 Å². The van der Waals surface area contributed by atoms with Crippen LogP contribution in [-0.4, -0.2) is 18.1 Å².